The Labute approximate surface area is 176 Å². The molecule has 1 aliphatic rings. The molecule has 3 aromatic carbocycles. The number of anilines is 2. The summed E-state index contributed by atoms with van der Waals surface area (Å²) in [5.41, 5.74) is 2.87. The van der Waals surface area contributed by atoms with Crippen molar-refractivity contribution < 1.29 is 18.4 Å². The molecule has 1 heterocycles. The van der Waals surface area contributed by atoms with Crippen LogP contribution in [0.4, 0.5) is 20.2 Å². The van der Waals surface area contributed by atoms with E-state index in [-0.39, 0.29) is 28.6 Å². The van der Waals surface area contributed by atoms with Gasteiger partial charge in [0.1, 0.15) is 17.0 Å². The molecule has 0 radical (unpaired) electrons. The van der Waals surface area contributed by atoms with Crippen molar-refractivity contribution in [3.8, 4) is 0 Å². The highest BCUT2D eigenvalue weighted by Gasteiger charge is 2.35. The highest BCUT2D eigenvalue weighted by Crippen LogP contribution is 2.43. The van der Waals surface area contributed by atoms with Crippen molar-refractivity contribution in [3.63, 3.8) is 0 Å². The summed E-state index contributed by atoms with van der Waals surface area (Å²) in [6, 6.07) is 17.0. The Balaban J connectivity index is 1.54. The lowest BCUT2D eigenvalue weighted by Gasteiger charge is -2.25. The molecule has 0 spiro atoms. The van der Waals surface area contributed by atoms with Crippen LogP contribution in [0.25, 0.3) is 0 Å². The summed E-state index contributed by atoms with van der Waals surface area (Å²) in [4.78, 5) is 26.2. The maximum absolute atomic E-state index is 14.4. The van der Waals surface area contributed by atoms with Gasteiger partial charge in [0, 0.05) is 11.3 Å². The summed E-state index contributed by atoms with van der Waals surface area (Å²) < 4.78 is 27.4. The van der Waals surface area contributed by atoms with Crippen molar-refractivity contribution in [1.29, 1.82) is 0 Å². The van der Waals surface area contributed by atoms with Gasteiger partial charge in [0.15, 0.2) is 0 Å². The Morgan fingerprint density at radius 1 is 1.03 bits per heavy atom. The monoisotopic (exact) mass is 424 g/mol. The van der Waals surface area contributed by atoms with Crippen LogP contribution in [-0.2, 0) is 4.79 Å². The second-order valence-corrected chi connectivity index (χ2v) is 8.03. The molecule has 1 aliphatic heterocycles. The zero-order chi connectivity index (χ0) is 21.3. The molecule has 0 aromatic heterocycles. The first-order chi connectivity index (χ1) is 14.4. The first-order valence-electron chi connectivity index (χ1n) is 9.29. The number of nitrogens with one attached hydrogen (secondary N) is 1. The van der Waals surface area contributed by atoms with Crippen molar-refractivity contribution >= 4 is 35.0 Å². The number of hydrogen-bond acceptors (Lipinski definition) is 3. The van der Waals surface area contributed by atoms with Crippen molar-refractivity contribution in [3.05, 3.63) is 95.1 Å². The fourth-order valence-electron chi connectivity index (χ4n) is 3.27. The Kier molecular flexibility index (Phi) is 5.55. The Hall–Kier alpha value is -3.19. The largest absolute Gasteiger partial charge is 0.322 e. The number of nitrogens with zero attached hydrogens (tertiary/aromatic N) is 1. The van der Waals surface area contributed by atoms with E-state index in [2.05, 4.69) is 5.32 Å². The lowest BCUT2D eigenvalue weighted by Crippen LogP contribution is -2.28. The van der Waals surface area contributed by atoms with Gasteiger partial charge in [0.25, 0.3) is 5.91 Å². The predicted molar refractivity (Wildman–Crippen MR) is 115 cm³/mol. The summed E-state index contributed by atoms with van der Waals surface area (Å²) >= 11 is 1.43. The Morgan fingerprint density at radius 2 is 1.73 bits per heavy atom. The van der Waals surface area contributed by atoms with Gasteiger partial charge in [-0.2, -0.15) is 0 Å². The van der Waals surface area contributed by atoms with E-state index >= 15 is 0 Å². The smallest absolute Gasteiger partial charge is 0.255 e. The van der Waals surface area contributed by atoms with Gasteiger partial charge in [-0.15, -0.1) is 11.8 Å². The molecule has 0 bridgehead atoms. The molecule has 2 amide bonds. The zero-order valence-corrected chi connectivity index (χ0v) is 16.9. The van der Waals surface area contributed by atoms with Gasteiger partial charge in [-0.25, -0.2) is 8.78 Å². The molecule has 30 heavy (non-hydrogen) atoms. The Morgan fingerprint density at radius 3 is 2.43 bits per heavy atom. The summed E-state index contributed by atoms with van der Waals surface area (Å²) in [6.45, 7) is 1.85. The number of aryl methyl sites for hydroxylation is 1. The Bertz CT molecular complexity index is 1100. The number of carbonyl (C=O) groups excluding carboxylic acids is 2. The quantitative estimate of drug-likeness (QED) is 0.618. The van der Waals surface area contributed by atoms with Crippen molar-refractivity contribution in [2.24, 2.45) is 0 Å². The molecular weight excluding hydrogens is 406 g/mol. The van der Waals surface area contributed by atoms with Crippen molar-refractivity contribution in [1.82, 2.24) is 0 Å². The maximum Gasteiger partial charge on any atom is 0.255 e. The summed E-state index contributed by atoms with van der Waals surface area (Å²) in [5, 5.41) is 2.40. The summed E-state index contributed by atoms with van der Waals surface area (Å²) in [6.07, 6.45) is 0. The van der Waals surface area contributed by atoms with E-state index in [0.717, 1.165) is 11.1 Å². The molecule has 4 nitrogen and oxygen atoms in total. The van der Waals surface area contributed by atoms with Gasteiger partial charge < -0.3 is 5.32 Å². The minimum atomic E-state index is -0.440. The summed E-state index contributed by atoms with van der Waals surface area (Å²) in [7, 11) is 0. The van der Waals surface area contributed by atoms with Crippen molar-refractivity contribution in [2.75, 3.05) is 16.0 Å². The molecule has 1 fully saturated rings. The van der Waals surface area contributed by atoms with Gasteiger partial charge in [-0.3, -0.25) is 14.5 Å². The van der Waals surface area contributed by atoms with Gasteiger partial charge in [-0.05, 0) is 66.6 Å². The third-order valence-corrected chi connectivity index (χ3v) is 6.00. The fourth-order valence-corrected chi connectivity index (χ4v) is 4.44. The molecular formula is C23H18F2N2O2S. The molecule has 152 valence electrons. The second-order valence-electron chi connectivity index (χ2n) is 6.96. The van der Waals surface area contributed by atoms with E-state index in [1.54, 1.807) is 36.4 Å². The lowest BCUT2D eigenvalue weighted by atomic mass is 10.1. The third kappa shape index (κ3) is 4.07. The molecule has 0 aliphatic carbocycles. The lowest BCUT2D eigenvalue weighted by molar-refractivity contribution is -0.115. The maximum atomic E-state index is 14.4. The minimum absolute atomic E-state index is 0.150. The molecule has 0 saturated carbocycles. The molecule has 1 saturated heterocycles. The number of thioether (sulfide) groups is 1. The van der Waals surface area contributed by atoms with Crippen LogP contribution < -0.4 is 10.2 Å². The first kappa shape index (κ1) is 20.1. The average Bonchev–Trinajstić information content (AvgIpc) is 3.12. The van der Waals surface area contributed by atoms with E-state index in [1.807, 2.05) is 6.92 Å². The summed E-state index contributed by atoms with van der Waals surface area (Å²) in [5.74, 6) is -1.08. The number of hydrogen-bond donors (Lipinski definition) is 1. The van der Waals surface area contributed by atoms with E-state index in [4.69, 9.17) is 0 Å². The number of amides is 2. The van der Waals surface area contributed by atoms with Gasteiger partial charge in [0.05, 0.1) is 11.4 Å². The molecule has 1 N–H and O–H groups in total. The molecule has 1 unspecified atom stereocenters. The van der Waals surface area contributed by atoms with Gasteiger partial charge in [-0.1, -0.05) is 18.2 Å². The first-order valence-corrected chi connectivity index (χ1v) is 10.3. The molecule has 1 atom stereocenters. The second kappa shape index (κ2) is 8.28. The fraction of sp³-hybridized carbons (Fsp3) is 0.130. The third-order valence-electron chi connectivity index (χ3n) is 4.79. The predicted octanol–water partition coefficient (Wildman–Crippen LogP) is 5.30. The van der Waals surface area contributed by atoms with Gasteiger partial charge >= 0.3 is 0 Å². The van der Waals surface area contributed by atoms with E-state index < -0.39 is 11.6 Å². The van der Waals surface area contributed by atoms with Crippen LogP contribution in [0, 0.1) is 18.6 Å². The highest BCUT2D eigenvalue weighted by atomic mass is 32.2. The SMILES string of the molecule is Cc1ccc(F)c(N2C(=O)CSC2c2ccc(NC(=O)c3ccc(F)cc3)cc2)c1. The molecule has 4 rings (SSSR count). The van der Waals surface area contributed by atoms with Crippen LogP contribution in [0.3, 0.4) is 0 Å². The van der Waals surface area contributed by atoms with Crippen LogP contribution in [0.1, 0.15) is 26.9 Å². The number of carbonyl (C=O) groups is 2. The minimum Gasteiger partial charge on any atom is -0.322 e. The average molecular weight is 424 g/mol. The number of halogens is 2. The normalized spacial score (nSPS) is 16.0. The standard InChI is InChI=1S/C23H18F2N2O2S/c1-14-2-11-19(25)20(12-14)27-21(28)13-30-23(27)16-5-9-18(10-6-16)26-22(29)15-3-7-17(24)8-4-15/h2-12,23H,13H2,1H3,(H,26,29). The van der Waals surface area contributed by atoms with Crippen LogP contribution in [0.5, 0.6) is 0 Å². The van der Waals surface area contributed by atoms with E-state index in [1.165, 1.54) is 47.0 Å². The van der Waals surface area contributed by atoms with Crippen molar-refractivity contribution in [2.45, 2.75) is 12.3 Å². The zero-order valence-electron chi connectivity index (χ0n) is 16.1. The van der Waals surface area contributed by atoms with Crippen LogP contribution in [0.2, 0.25) is 0 Å². The topological polar surface area (TPSA) is 49.4 Å². The molecule has 3 aromatic rings. The molecule has 7 heteroatoms. The van der Waals surface area contributed by atoms with E-state index in [0.29, 0.717) is 11.3 Å². The highest BCUT2D eigenvalue weighted by molar-refractivity contribution is 8.00. The van der Waals surface area contributed by atoms with Crippen LogP contribution >= 0.6 is 11.8 Å². The van der Waals surface area contributed by atoms with Gasteiger partial charge in [0.2, 0.25) is 5.91 Å². The van der Waals surface area contributed by atoms with E-state index in [9.17, 15) is 18.4 Å². The number of benzene rings is 3. The number of rotatable bonds is 4. The van der Waals surface area contributed by atoms with Crippen LogP contribution in [-0.4, -0.2) is 17.6 Å². The van der Waals surface area contributed by atoms with Crippen LogP contribution in [0.15, 0.2) is 66.7 Å².